The van der Waals surface area contributed by atoms with E-state index in [4.69, 9.17) is 5.73 Å². The Morgan fingerprint density at radius 2 is 2.05 bits per heavy atom. The quantitative estimate of drug-likeness (QED) is 0.939. The number of piperazine rings is 1. The van der Waals surface area contributed by atoms with Gasteiger partial charge < -0.3 is 10.6 Å². The first-order valence-electron chi connectivity index (χ1n) is 7.10. The molecular formula is C15H19FN4S. The molecule has 0 aliphatic carbocycles. The SMILES string of the molecule is NCc1cc(CN2CCN(c3nccs3)CC2)ccc1F. The molecule has 2 aromatic rings. The second kappa shape index (κ2) is 6.51. The molecule has 112 valence electrons. The molecule has 1 aromatic carbocycles. The molecule has 0 amide bonds. The highest BCUT2D eigenvalue weighted by molar-refractivity contribution is 7.13. The van der Waals surface area contributed by atoms with Crippen LogP contribution in [0.3, 0.4) is 0 Å². The van der Waals surface area contributed by atoms with E-state index in [1.165, 1.54) is 6.07 Å². The van der Waals surface area contributed by atoms with Crippen LogP contribution in [0.2, 0.25) is 0 Å². The highest BCUT2D eigenvalue weighted by Gasteiger charge is 2.18. The fraction of sp³-hybridized carbons (Fsp3) is 0.400. The van der Waals surface area contributed by atoms with Crippen molar-refractivity contribution in [3.8, 4) is 0 Å². The molecule has 1 aliphatic heterocycles. The number of halogens is 1. The largest absolute Gasteiger partial charge is 0.346 e. The average Bonchev–Trinajstić information content (AvgIpc) is 3.04. The van der Waals surface area contributed by atoms with Crippen LogP contribution in [-0.2, 0) is 13.1 Å². The van der Waals surface area contributed by atoms with Crippen LogP contribution in [0, 0.1) is 5.82 Å². The van der Waals surface area contributed by atoms with E-state index in [-0.39, 0.29) is 12.4 Å². The van der Waals surface area contributed by atoms with Crippen molar-refractivity contribution >= 4 is 16.5 Å². The number of thiazole rings is 1. The Balaban J connectivity index is 1.58. The standard InChI is InChI=1S/C15H19FN4S/c16-14-2-1-12(9-13(14)10-17)11-19-4-6-20(7-5-19)15-18-3-8-21-15/h1-3,8-9H,4-7,10-11,17H2. The monoisotopic (exact) mass is 306 g/mol. The van der Waals surface area contributed by atoms with Gasteiger partial charge in [-0.15, -0.1) is 11.3 Å². The zero-order valence-electron chi connectivity index (χ0n) is 11.8. The zero-order chi connectivity index (χ0) is 14.7. The van der Waals surface area contributed by atoms with Gasteiger partial charge in [0, 0.05) is 56.4 Å². The van der Waals surface area contributed by atoms with Crippen LogP contribution < -0.4 is 10.6 Å². The fourth-order valence-corrected chi connectivity index (χ4v) is 3.31. The Kier molecular flexibility index (Phi) is 4.48. The summed E-state index contributed by atoms with van der Waals surface area (Å²) in [5.74, 6) is -0.213. The van der Waals surface area contributed by atoms with Crippen LogP contribution in [0.1, 0.15) is 11.1 Å². The zero-order valence-corrected chi connectivity index (χ0v) is 12.7. The number of anilines is 1. The molecule has 2 heterocycles. The summed E-state index contributed by atoms with van der Waals surface area (Å²) < 4.78 is 13.5. The van der Waals surface area contributed by atoms with E-state index < -0.39 is 0 Å². The second-order valence-corrected chi connectivity index (χ2v) is 6.08. The molecule has 0 unspecified atom stereocenters. The number of hydrogen-bond acceptors (Lipinski definition) is 5. The molecular weight excluding hydrogens is 287 g/mol. The van der Waals surface area contributed by atoms with Gasteiger partial charge in [0.05, 0.1) is 0 Å². The van der Waals surface area contributed by atoms with E-state index >= 15 is 0 Å². The predicted molar refractivity (Wildman–Crippen MR) is 83.9 cm³/mol. The van der Waals surface area contributed by atoms with E-state index in [1.54, 1.807) is 11.3 Å². The summed E-state index contributed by atoms with van der Waals surface area (Å²) in [4.78, 5) is 9.05. The van der Waals surface area contributed by atoms with Crippen molar-refractivity contribution in [2.45, 2.75) is 13.1 Å². The molecule has 0 spiro atoms. The fourth-order valence-electron chi connectivity index (χ4n) is 2.61. The Morgan fingerprint density at radius 1 is 1.24 bits per heavy atom. The molecule has 0 saturated carbocycles. The van der Waals surface area contributed by atoms with Gasteiger partial charge in [0.2, 0.25) is 0 Å². The first kappa shape index (κ1) is 14.4. The smallest absolute Gasteiger partial charge is 0.185 e. The van der Waals surface area contributed by atoms with E-state index in [0.29, 0.717) is 5.56 Å². The van der Waals surface area contributed by atoms with Crippen LogP contribution in [0.25, 0.3) is 0 Å². The Morgan fingerprint density at radius 3 is 2.71 bits per heavy atom. The molecule has 1 aromatic heterocycles. The summed E-state index contributed by atoms with van der Waals surface area (Å²) >= 11 is 1.68. The Bertz CT molecular complexity index is 579. The summed E-state index contributed by atoms with van der Waals surface area (Å²) in [5.41, 5.74) is 7.28. The van der Waals surface area contributed by atoms with Gasteiger partial charge in [-0.2, -0.15) is 0 Å². The highest BCUT2D eigenvalue weighted by Crippen LogP contribution is 2.20. The molecule has 0 radical (unpaired) electrons. The van der Waals surface area contributed by atoms with E-state index in [1.807, 2.05) is 23.7 Å². The van der Waals surface area contributed by atoms with Crippen LogP contribution >= 0.6 is 11.3 Å². The van der Waals surface area contributed by atoms with Gasteiger partial charge in [0.15, 0.2) is 5.13 Å². The van der Waals surface area contributed by atoms with Crippen molar-refractivity contribution in [2.24, 2.45) is 5.73 Å². The molecule has 0 atom stereocenters. The number of benzene rings is 1. The number of nitrogens with zero attached hydrogens (tertiary/aromatic N) is 3. The van der Waals surface area contributed by atoms with Gasteiger partial charge in [-0.05, 0) is 11.6 Å². The number of aromatic nitrogens is 1. The molecule has 0 bridgehead atoms. The number of rotatable bonds is 4. The van der Waals surface area contributed by atoms with E-state index in [0.717, 1.165) is 43.4 Å². The lowest BCUT2D eigenvalue weighted by Crippen LogP contribution is -2.45. The van der Waals surface area contributed by atoms with Crippen molar-refractivity contribution in [1.29, 1.82) is 0 Å². The third kappa shape index (κ3) is 3.40. The molecule has 1 fully saturated rings. The van der Waals surface area contributed by atoms with Gasteiger partial charge in [-0.1, -0.05) is 12.1 Å². The summed E-state index contributed by atoms with van der Waals surface area (Å²) in [6, 6.07) is 5.24. The minimum Gasteiger partial charge on any atom is -0.346 e. The second-order valence-electron chi connectivity index (χ2n) is 5.21. The van der Waals surface area contributed by atoms with Gasteiger partial charge >= 0.3 is 0 Å². The first-order valence-corrected chi connectivity index (χ1v) is 7.98. The molecule has 21 heavy (non-hydrogen) atoms. The minimum absolute atomic E-state index is 0.213. The number of nitrogens with two attached hydrogens (primary N) is 1. The third-order valence-electron chi connectivity index (χ3n) is 3.80. The summed E-state index contributed by atoms with van der Waals surface area (Å²) in [6.45, 7) is 5.05. The molecule has 2 N–H and O–H groups in total. The van der Waals surface area contributed by atoms with Gasteiger partial charge in [-0.3, -0.25) is 4.90 Å². The summed E-state index contributed by atoms with van der Waals surface area (Å²) in [7, 11) is 0. The molecule has 1 saturated heterocycles. The van der Waals surface area contributed by atoms with Crippen molar-refractivity contribution in [1.82, 2.24) is 9.88 Å². The lowest BCUT2D eigenvalue weighted by Gasteiger charge is -2.34. The maximum Gasteiger partial charge on any atom is 0.185 e. The van der Waals surface area contributed by atoms with Crippen molar-refractivity contribution < 1.29 is 4.39 Å². The topological polar surface area (TPSA) is 45.4 Å². The maximum atomic E-state index is 13.5. The van der Waals surface area contributed by atoms with Crippen LogP contribution in [-0.4, -0.2) is 36.1 Å². The van der Waals surface area contributed by atoms with E-state index in [9.17, 15) is 4.39 Å². The Hall–Kier alpha value is -1.50. The van der Waals surface area contributed by atoms with Crippen molar-refractivity contribution in [2.75, 3.05) is 31.1 Å². The van der Waals surface area contributed by atoms with Gasteiger partial charge in [-0.25, -0.2) is 9.37 Å². The van der Waals surface area contributed by atoms with Crippen LogP contribution in [0.15, 0.2) is 29.8 Å². The maximum absolute atomic E-state index is 13.5. The Labute approximate surface area is 128 Å². The number of hydrogen-bond donors (Lipinski definition) is 1. The van der Waals surface area contributed by atoms with Gasteiger partial charge in [0.1, 0.15) is 5.82 Å². The molecule has 4 nitrogen and oxygen atoms in total. The third-order valence-corrected chi connectivity index (χ3v) is 4.63. The highest BCUT2D eigenvalue weighted by atomic mass is 32.1. The lowest BCUT2D eigenvalue weighted by atomic mass is 10.1. The van der Waals surface area contributed by atoms with Crippen LogP contribution in [0.4, 0.5) is 9.52 Å². The molecule has 6 heteroatoms. The van der Waals surface area contributed by atoms with Crippen molar-refractivity contribution in [3.63, 3.8) is 0 Å². The van der Waals surface area contributed by atoms with E-state index in [2.05, 4.69) is 14.8 Å². The molecule has 1 aliphatic rings. The first-order chi connectivity index (χ1) is 10.3. The summed E-state index contributed by atoms with van der Waals surface area (Å²) in [6.07, 6.45) is 1.85. The predicted octanol–water partition coefficient (Wildman–Crippen LogP) is 2.06. The van der Waals surface area contributed by atoms with Gasteiger partial charge in [0.25, 0.3) is 0 Å². The minimum atomic E-state index is -0.213. The molecule has 3 rings (SSSR count). The van der Waals surface area contributed by atoms with Crippen LogP contribution in [0.5, 0.6) is 0 Å². The normalized spacial score (nSPS) is 16.4. The summed E-state index contributed by atoms with van der Waals surface area (Å²) in [5, 5.41) is 3.11. The lowest BCUT2D eigenvalue weighted by molar-refractivity contribution is 0.249. The van der Waals surface area contributed by atoms with Crippen molar-refractivity contribution in [3.05, 3.63) is 46.7 Å². The average molecular weight is 306 g/mol.